The number of carbonyl (C=O) groups is 1. The summed E-state index contributed by atoms with van der Waals surface area (Å²) in [7, 11) is 0. The summed E-state index contributed by atoms with van der Waals surface area (Å²) >= 11 is 0. The Kier molecular flexibility index (Phi) is 3.41. The van der Waals surface area contributed by atoms with Gasteiger partial charge >= 0.3 is 5.97 Å². The molecule has 1 aromatic heterocycles. The lowest BCUT2D eigenvalue weighted by Gasteiger charge is -2.07. The lowest BCUT2D eigenvalue weighted by Crippen LogP contribution is -2.03. The van der Waals surface area contributed by atoms with Crippen molar-refractivity contribution in [3.05, 3.63) is 42.0 Å². The lowest BCUT2D eigenvalue weighted by molar-refractivity contribution is 0.0692. The van der Waals surface area contributed by atoms with E-state index in [2.05, 4.69) is 4.98 Å². The molecule has 18 heavy (non-hydrogen) atoms. The maximum absolute atomic E-state index is 13.3. The molecule has 1 aromatic carbocycles. The number of aryl methyl sites for hydroxylation is 1. The van der Waals surface area contributed by atoms with Crippen LogP contribution in [0.15, 0.2) is 30.6 Å². The molecule has 0 radical (unpaired) electrons. The smallest absolute Gasteiger partial charge is 0.338 e. The number of carboxylic acid groups (broad SMARTS) is 1. The second-order valence-corrected chi connectivity index (χ2v) is 3.94. The van der Waals surface area contributed by atoms with Crippen molar-refractivity contribution < 1.29 is 14.3 Å². The van der Waals surface area contributed by atoms with E-state index in [0.717, 1.165) is 19.0 Å². The van der Waals surface area contributed by atoms with Crippen molar-refractivity contribution in [2.24, 2.45) is 0 Å². The zero-order valence-corrected chi connectivity index (χ0v) is 9.93. The number of nitrogens with zero attached hydrogens (tertiary/aromatic N) is 2. The highest BCUT2D eigenvalue weighted by Gasteiger charge is 2.13. The summed E-state index contributed by atoms with van der Waals surface area (Å²) in [5.74, 6) is -1.36. The van der Waals surface area contributed by atoms with Crippen LogP contribution in [0, 0.1) is 5.82 Å². The third-order valence-electron chi connectivity index (χ3n) is 2.63. The van der Waals surface area contributed by atoms with Gasteiger partial charge in [0.25, 0.3) is 0 Å². The second-order valence-electron chi connectivity index (χ2n) is 3.94. The van der Waals surface area contributed by atoms with Crippen molar-refractivity contribution in [3.63, 3.8) is 0 Å². The van der Waals surface area contributed by atoms with E-state index in [1.165, 1.54) is 12.1 Å². The molecule has 0 saturated heterocycles. The van der Waals surface area contributed by atoms with Crippen LogP contribution in [-0.2, 0) is 6.54 Å². The first kappa shape index (κ1) is 12.3. The van der Waals surface area contributed by atoms with E-state index < -0.39 is 11.8 Å². The number of hydrogen-bond donors (Lipinski definition) is 1. The molecule has 1 heterocycles. The van der Waals surface area contributed by atoms with Gasteiger partial charge in [-0.3, -0.25) is 0 Å². The molecule has 0 atom stereocenters. The molecule has 0 spiro atoms. The Morgan fingerprint density at radius 3 is 2.94 bits per heavy atom. The first-order valence-corrected chi connectivity index (χ1v) is 5.68. The first-order chi connectivity index (χ1) is 8.63. The summed E-state index contributed by atoms with van der Waals surface area (Å²) in [6, 6.07) is 4.01. The Morgan fingerprint density at radius 1 is 1.50 bits per heavy atom. The number of hydrogen-bond acceptors (Lipinski definition) is 2. The van der Waals surface area contributed by atoms with Gasteiger partial charge in [0.2, 0.25) is 0 Å². The summed E-state index contributed by atoms with van der Waals surface area (Å²) in [6.07, 6.45) is 4.41. The number of rotatable bonds is 4. The van der Waals surface area contributed by atoms with Gasteiger partial charge in [-0.05, 0) is 24.6 Å². The molecule has 0 aliphatic heterocycles. The van der Waals surface area contributed by atoms with Crippen LogP contribution in [0.3, 0.4) is 0 Å². The van der Waals surface area contributed by atoms with E-state index in [-0.39, 0.29) is 5.56 Å². The van der Waals surface area contributed by atoms with Crippen LogP contribution >= 0.6 is 0 Å². The molecule has 0 aliphatic rings. The van der Waals surface area contributed by atoms with E-state index in [1.807, 2.05) is 17.7 Å². The van der Waals surface area contributed by atoms with Gasteiger partial charge in [-0.25, -0.2) is 14.2 Å². The van der Waals surface area contributed by atoms with Gasteiger partial charge in [0, 0.05) is 24.5 Å². The number of aromatic nitrogens is 2. The Morgan fingerprint density at radius 2 is 2.28 bits per heavy atom. The number of benzene rings is 1. The maximum Gasteiger partial charge on any atom is 0.338 e. The molecular formula is C13H13FN2O2. The van der Waals surface area contributed by atoms with Crippen LogP contribution in [0.25, 0.3) is 11.4 Å². The molecular weight excluding hydrogens is 235 g/mol. The standard InChI is InChI=1S/C13H13FN2O2/c1-2-6-16-7-5-15-12(16)9-3-4-11(14)10(8-9)13(17)18/h3-5,7-8H,2,6H2,1H3,(H,17,18). The topological polar surface area (TPSA) is 55.1 Å². The van der Waals surface area contributed by atoms with Gasteiger partial charge in [-0.2, -0.15) is 0 Å². The molecule has 0 saturated carbocycles. The molecule has 0 fully saturated rings. The molecule has 1 N–H and O–H groups in total. The van der Waals surface area contributed by atoms with Crippen LogP contribution in [0.4, 0.5) is 4.39 Å². The minimum atomic E-state index is -1.28. The predicted octanol–water partition coefficient (Wildman–Crippen LogP) is 2.80. The zero-order chi connectivity index (χ0) is 13.1. The summed E-state index contributed by atoms with van der Waals surface area (Å²) in [5, 5.41) is 8.89. The Hall–Kier alpha value is -2.17. The van der Waals surface area contributed by atoms with Crippen LogP contribution in [0.1, 0.15) is 23.7 Å². The SMILES string of the molecule is CCCn1ccnc1-c1ccc(F)c(C(=O)O)c1. The maximum atomic E-state index is 13.3. The molecule has 0 aliphatic carbocycles. The van der Waals surface area contributed by atoms with Crippen LogP contribution < -0.4 is 0 Å². The first-order valence-electron chi connectivity index (χ1n) is 5.68. The summed E-state index contributed by atoms with van der Waals surface area (Å²) in [4.78, 5) is 15.1. The van der Waals surface area contributed by atoms with Crippen molar-refractivity contribution in [2.75, 3.05) is 0 Å². The molecule has 94 valence electrons. The largest absolute Gasteiger partial charge is 0.478 e. The van der Waals surface area contributed by atoms with Gasteiger partial charge in [0.1, 0.15) is 11.6 Å². The van der Waals surface area contributed by atoms with Crippen molar-refractivity contribution in [1.82, 2.24) is 9.55 Å². The molecule has 0 bridgehead atoms. The normalized spacial score (nSPS) is 10.6. The highest BCUT2D eigenvalue weighted by Crippen LogP contribution is 2.21. The fourth-order valence-electron chi connectivity index (χ4n) is 1.82. The fourth-order valence-corrected chi connectivity index (χ4v) is 1.82. The van der Waals surface area contributed by atoms with Crippen LogP contribution in [0.2, 0.25) is 0 Å². The van der Waals surface area contributed by atoms with Gasteiger partial charge in [-0.1, -0.05) is 6.92 Å². The number of halogens is 1. The van der Waals surface area contributed by atoms with E-state index in [0.29, 0.717) is 11.4 Å². The van der Waals surface area contributed by atoms with E-state index in [9.17, 15) is 9.18 Å². The van der Waals surface area contributed by atoms with Gasteiger partial charge in [0.05, 0.1) is 5.56 Å². The second kappa shape index (κ2) is 5.00. The monoisotopic (exact) mass is 248 g/mol. The van der Waals surface area contributed by atoms with Gasteiger partial charge in [-0.15, -0.1) is 0 Å². The summed E-state index contributed by atoms with van der Waals surface area (Å²) in [5.41, 5.74) is 0.269. The quantitative estimate of drug-likeness (QED) is 0.905. The van der Waals surface area contributed by atoms with E-state index in [4.69, 9.17) is 5.11 Å². The average molecular weight is 248 g/mol. The number of imidazole rings is 1. The minimum Gasteiger partial charge on any atom is -0.478 e. The molecule has 4 nitrogen and oxygen atoms in total. The van der Waals surface area contributed by atoms with Crippen molar-refractivity contribution in [1.29, 1.82) is 0 Å². The molecule has 0 amide bonds. The Bertz CT molecular complexity index is 578. The highest BCUT2D eigenvalue weighted by molar-refractivity contribution is 5.89. The Balaban J connectivity index is 2.47. The zero-order valence-electron chi connectivity index (χ0n) is 9.93. The molecule has 0 unspecified atom stereocenters. The minimum absolute atomic E-state index is 0.335. The summed E-state index contributed by atoms with van der Waals surface area (Å²) in [6.45, 7) is 2.83. The van der Waals surface area contributed by atoms with E-state index >= 15 is 0 Å². The van der Waals surface area contributed by atoms with E-state index in [1.54, 1.807) is 6.20 Å². The lowest BCUT2D eigenvalue weighted by atomic mass is 10.1. The fraction of sp³-hybridized carbons (Fsp3) is 0.231. The van der Waals surface area contributed by atoms with Gasteiger partial charge in [0.15, 0.2) is 0 Å². The number of carboxylic acids is 1. The molecule has 2 aromatic rings. The predicted molar refractivity (Wildman–Crippen MR) is 64.9 cm³/mol. The van der Waals surface area contributed by atoms with Crippen LogP contribution in [0.5, 0.6) is 0 Å². The third kappa shape index (κ3) is 2.25. The molecule has 5 heteroatoms. The highest BCUT2D eigenvalue weighted by atomic mass is 19.1. The summed E-state index contributed by atoms with van der Waals surface area (Å²) < 4.78 is 15.2. The van der Waals surface area contributed by atoms with Crippen molar-refractivity contribution in [2.45, 2.75) is 19.9 Å². The molecule has 2 rings (SSSR count). The third-order valence-corrected chi connectivity index (χ3v) is 2.63. The number of aromatic carboxylic acids is 1. The van der Waals surface area contributed by atoms with Crippen molar-refractivity contribution in [3.8, 4) is 11.4 Å². The average Bonchev–Trinajstić information content (AvgIpc) is 2.78. The Labute approximate surface area is 104 Å². The van der Waals surface area contributed by atoms with Gasteiger partial charge < -0.3 is 9.67 Å². The van der Waals surface area contributed by atoms with Crippen molar-refractivity contribution >= 4 is 5.97 Å². The van der Waals surface area contributed by atoms with Crippen LogP contribution in [-0.4, -0.2) is 20.6 Å².